The van der Waals surface area contributed by atoms with Crippen LogP contribution in [0.4, 0.5) is 17.1 Å². The van der Waals surface area contributed by atoms with Crippen LogP contribution in [-0.2, 0) is 0 Å². The summed E-state index contributed by atoms with van der Waals surface area (Å²) in [7, 11) is 0. The molecule has 0 radical (unpaired) electrons. The van der Waals surface area contributed by atoms with Gasteiger partial charge in [-0.05, 0) is 11.5 Å². The first-order chi connectivity index (χ1) is 8.93. The molecule has 0 unspecified atom stereocenters. The van der Waals surface area contributed by atoms with E-state index in [0.29, 0.717) is 0 Å². The average molecular weight is 263 g/mol. The highest BCUT2D eigenvalue weighted by molar-refractivity contribution is 6.01. The fourth-order valence-corrected chi connectivity index (χ4v) is 1.81. The van der Waals surface area contributed by atoms with Crippen molar-refractivity contribution >= 4 is 27.8 Å². The lowest BCUT2D eigenvalue weighted by Gasteiger charge is -2.01. The first kappa shape index (κ1) is 12.4. The molecular formula is C10H5N3O6. The molecule has 0 aliphatic rings. The molecule has 0 aliphatic heterocycles. The zero-order chi connectivity index (χ0) is 14.2. The van der Waals surface area contributed by atoms with Crippen molar-refractivity contribution in [1.29, 1.82) is 0 Å². The van der Waals surface area contributed by atoms with Gasteiger partial charge in [-0.1, -0.05) is 12.1 Å². The Hall–Kier alpha value is -3.10. The van der Waals surface area contributed by atoms with Gasteiger partial charge in [0.25, 0.3) is 5.69 Å². The molecule has 9 nitrogen and oxygen atoms in total. The van der Waals surface area contributed by atoms with E-state index < -0.39 is 31.8 Å². The summed E-state index contributed by atoms with van der Waals surface area (Å²) in [4.78, 5) is 29.9. The van der Waals surface area contributed by atoms with Gasteiger partial charge < -0.3 is 0 Å². The van der Waals surface area contributed by atoms with Gasteiger partial charge in [-0.2, -0.15) is 0 Å². The largest absolute Gasteiger partial charge is 0.360 e. The molecule has 0 amide bonds. The smallest absolute Gasteiger partial charge is 0.258 e. The molecule has 0 N–H and O–H groups in total. The summed E-state index contributed by atoms with van der Waals surface area (Å²) in [6.45, 7) is 0. The maximum Gasteiger partial charge on any atom is 0.360 e. The molecule has 0 fully saturated rings. The molecule has 2 rings (SSSR count). The number of hydrogen-bond acceptors (Lipinski definition) is 6. The second-order valence-corrected chi connectivity index (χ2v) is 3.58. The normalized spacial score (nSPS) is 10.3. The summed E-state index contributed by atoms with van der Waals surface area (Å²) in [5.74, 6) is 0. The van der Waals surface area contributed by atoms with Gasteiger partial charge in [0, 0.05) is 12.1 Å². The molecule has 0 spiro atoms. The van der Waals surface area contributed by atoms with Crippen LogP contribution in [-0.4, -0.2) is 14.8 Å². The Labute approximate surface area is 104 Å². The van der Waals surface area contributed by atoms with Crippen LogP contribution in [0.3, 0.4) is 0 Å². The lowest BCUT2D eigenvalue weighted by Crippen LogP contribution is -1.99. The van der Waals surface area contributed by atoms with E-state index >= 15 is 0 Å². The van der Waals surface area contributed by atoms with Crippen LogP contribution in [0, 0.1) is 30.3 Å². The lowest BCUT2D eigenvalue weighted by atomic mass is 10.1. The Kier molecular flexibility index (Phi) is 2.79. The van der Waals surface area contributed by atoms with Crippen LogP contribution < -0.4 is 0 Å². The minimum atomic E-state index is -0.979. The second-order valence-electron chi connectivity index (χ2n) is 3.58. The Balaban J connectivity index is 3.02. The number of fused-ring (bicyclic) bond motifs is 1. The van der Waals surface area contributed by atoms with Crippen LogP contribution >= 0.6 is 0 Å². The average Bonchev–Trinajstić information content (AvgIpc) is 2.35. The molecule has 0 aromatic heterocycles. The molecule has 0 saturated heterocycles. The van der Waals surface area contributed by atoms with Crippen molar-refractivity contribution in [3.05, 3.63) is 60.7 Å². The Morgan fingerprint density at radius 2 is 1.37 bits per heavy atom. The summed E-state index contributed by atoms with van der Waals surface area (Å²) in [6.07, 6.45) is 0. The fraction of sp³-hybridized carbons (Fsp3) is 0. The van der Waals surface area contributed by atoms with E-state index in [1.165, 1.54) is 18.2 Å². The van der Waals surface area contributed by atoms with E-state index in [2.05, 4.69) is 0 Å². The SMILES string of the molecule is O=[N+]([O-])c1ccc2cccc([N+](=O)[O-])c2c1[N+](=O)[O-]. The highest BCUT2D eigenvalue weighted by Crippen LogP contribution is 2.39. The van der Waals surface area contributed by atoms with Crippen LogP contribution in [0.15, 0.2) is 30.3 Å². The molecule has 19 heavy (non-hydrogen) atoms. The van der Waals surface area contributed by atoms with Crippen LogP contribution in [0.1, 0.15) is 0 Å². The van der Waals surface area contributed by atoms with E-state index in [9.17, 15) is 30.3 Å². The third-order valence-electron chi connectivity index (χ3n) is 2.55. The molecule has 0 saturated carbocycles. The maximum absolute atomic E-state index is 11.0. The molecule has 2 aromatic carbocycles. The van der Waals surface area contributed by atoms with Gasteiger partial charge in [-0.15, -0.1) is 0 Å². The quantitative estimate of drug-likeness (QED) is 0.617. The number of nitrogens with zero attached hydrogens (tertiary/aromatic N) is 3. The van der Waals surface area contributed by atoms with Crippen molar-refractivity contribution in [3.8, 4) is 0 Å². The highest BCUT2D eigenvalue weighted by atomic mass is 16.6. The highest BCUT2D eigenvalue weighted by Gasteiger charge is 2.32. The number of benzene rings is 2. The Morgan fingerprint density at radius 3 is 1.89 bits per heavy atom. The van der Waals surface area contributed by atoms with E-state index in [4.69, 9.17) is 0 Å². The van der Waals surface area contributed by atoms with Gasteiger partial charge in [-0.3, -0.25) is 30.3 Å². The Morgan fingerprint density at radius 1 is 0.737 bits per heavy atom. The van der Waals surface area contributed by atoms with Crippen LogP contribution in [0.25, 0.3) is 10.8 Å². The summed E-state index contributed by atoms with van der Waals surface area (Å²) < 4.78 is 0. The number of non-ortho nitro benzene ring substituents is 1. The van der Waals surface area contributed by atoms with Gasteiger partial charge >= 0.3 is 11.4 Å². The third-order valence-corrected chi connectivity index (χ3v) is 2.55. The molecular weight excluding hydrogens is 258 g/mol. The molecule has 0 atom stereocenters. The summed E-state index contributed by atoms with van der Waals surface area (Å²) in [6, 6.07) is 6.05. The van der Waals surface area contributed by atoms with Crippen molar-refractivity contribution in [1.82, 2.24) is 0 Å². The fourth-order valence-electron chi connectivity index (χ4n) is 1.81. The first-order valence-corrected chi connectivity index (χ1v) is 4.92. The minimum absolute atomic E-state index is 0.200. The summed E-state index contributed by atoms with van der Waals surface area (Å²) in [5, 5.41) is 32.5. The number of nitro groups is 3. The standard InChI is InChI=1S/C10H5N3O6/c14-11(15)7-3-1-2-6-4-5-8(12(16)17)10(9(6)7)13(18)19/h1-5H. The van der Waals surface area contributed by atoms with E-state index in [0.717, 1.165) is 12.1 Å². The first-order valence-electron chi connectivity index (χ1n) is 4.92. The minimum Gasteiger partial charge on any atom is -0.258 e. The van der Waals surface area contributed by atoms with Crippen LogP contribution in [0.5, 0.6) is 0 Å². The molecule has 0 bridgehead atoms. The monoisotopic (exact) mass is 263 g/mol. The third kappa shape index (κ3) is 1.92. The summed E-state index contributed by atoms with van der Waals surface area (Å²) >= 11 is 0. The van der Waals surface area contributed by atoms with Crippen molar-refractivity contribution in [3.63, 3.8) is 0 Å². The van der Waals surface area contributed by atoms with Gasteiger partial charge in [0.1, 0.15) is 5.39 Å². The van der Waals surface area contributed by atoms with Crippen molar-refractivity contribution in [2.45, 2.75) is 0 Å². The van der Waals surface area contributed by atoms with E-state index in [1.807, 2.05) is 0 Å². The number of rotatable bonds is 3. The second kappa shape index (κ2) is 4.29. The van der Waals surface area contributed by atoms with Gasteiger partial charge in [0.05, 0.1) is 14.8 Å². The van der Waals surface area contributed by atoms with E-state index in [1.54, 1.807) is 0 Å². The molecule has 96 valence electrons. The predicted octanol–water partition coefficient (Wildman–Crippen LogP) is 2.56. The van der Waals surface area contributed by atoms with Gasteiger partial charge in [0.2, 0.25) is 0 Å². The zero-order valence-corrected chi connectivity index (χ0v) is 9.18. The molecule has 0 heterocycles. The van der Waals surface area contributed by atoms with Gasteiger partial charge in [0.15, 0.2) is 0 Å². The molecule has 9 heteroatoms. The van der Waals surface area contributed by atoms with E-state index in [-0.39, 0.29) is 10.8 Å². The van der Waals surface area contributed by atoms with Crippen LogP contribution in [0.2, 0.25) is 0 Å². The maximum atomic E-state index is 11.0. The lowest BCUT2D eigenvalue weighted by molar-refractivity contribution is -0.422. The number of hydrogen-bond donors (Lipinski definition) is 0. The van der Waals surface area contributed by atoms with Crippen molar-refractivity contribution in [2.75, 3.05) is 0 Å². The Bertz CT molecular complexity index is 727. The number of nitro benzene ring substituents is 3. The molecule has 2 aromatic rings. The predicted molar refractivity (Wildman–Crippen MR) is 63.9 cm³/mol. The van der Waals surface area contributed by atoms with Gasteiger partial charge in [-0.25, -0.2) is 0 Å². The topological polar surface area (TPSA) is 129 Å². The van der Waals surface area contributed by atoms with Crippen molar-refractivity contribution in [2.24, 2.45) is 0 Å². The zero-order valence-electron chi connectivity index (χ0n) is 9.18. The molecule has 0 aliphatic carbocycles. The summed E-state index contributed by atoms with van der Waals surface area (Å²) in [5.41, 5.74) is -2.17. The van der Waals surface area contributed by atoms with Crippen molar-refractivity contribution < 1.29 is 14.8 Å².